The molecule has 0 saturated carbocycles. The number of halogens is 2. The van der Waals surface area contributed by atoms with Gasteiger partial charge >= 0.3 is 0 Å². The van der Waals surface area contributed by atoms with Gasteiger partial charge in [-0.3, -0.25) is 4.79 Å². The number of nitrogens with zero attached hydrogens (tertiary/aromatic N) is 1. The van der Waals surface area contributed by atoms with Crippen LogP contribution in [-0.4, -0.2) is 19.1 Å². The maximum atomic E-state index is 12.5. The average Bonchev–Trinajstić information content (AvgIpc) is 2.84. The van der Waals surface area contributed by atoms with E-state index in [9.17, 15) is 10.1 Å². The zero-order chi connectivity index (χ0) is 24.3. The number of nitrogens with one attached hydrogen (secondary N) is 1. The molecule has 0 aliphatic heterocycles. The van der Waals surface area contributed by atoms with Gasteiger partial charge in [0.2, 0.25) is 0 Å². The van der Waals surface area contributed by atoms with Crippen LogP contribution in [0.3, 0.4) is 0 Å². The topological polar surface area (TPSA) is 71.3 Å². The zero-order valence-corrected chi connectivity index (χ0v) is 21.9. The lowest BCUT2D eigenvalue weighted by Crippen LogP contribution is -2.26. The van der Waals surface area contributed by atoms with Crippen molar-refractivity contribution in [3.05, 3.63) is 97.9 Å². The Morgan fingerprint density at radius 2 is 1.76 bits per heavy atom. The van der Waals surface area contributed by atoms with Crippen LogP contribution in [0.1, 0.15) is 23.6 Å². The summed E-state index contributed by atoms with van der Waals surface area (Å²) in [5.74, 6) is 0.679. The van der Waals surface area contributed by atoms with Gasteiger partial charge in [-0.25, -0.2) is 0 Å². The summed E-state index contributed by atoms with van der Waals surface area (Å²) in [5, 5.41) is 12.4. The molecule has 1 N–H and O–H groups in total. The second-order valence-corrected chi connectivity index (χ2v) is 9.11. The highest BCUT2D eigenvalue weighted by Crippen LogP contribution is 2.38. The zero-order valence-electron chi connectivity index (χ0n) is 18.7. The first-order valence-corrected chi connectivity index (χ1v) is 12.4. The van der Waals surface area contributed by atoms with Crippen LogP contribution in [0.5, 0.6) is 11.5 Å². The average molecular weight is 584 g/mol. The van der Waals surface area contributed by atoms with Gasteiger partial charge in [0.25, 0.3) is 5.91 Å². The number of carbonyl (C=O) groups is 1. The Hall–Kier alpha value is -3.08. The number of benzene rings is 3. The number of amides is 1. The Kier molecular flexibility index (Phi) is 9.75. The van der Waals surface area contributed by atoms with Crippen LogP contribution >= 0.6 is 31.9 Å². The minimum Gasteiger partial charge on any atom is -0.490 e. The monoisotopic (exact) mass is 582 g/mol. The molecule has 174 valence electrons. The normalized spacial score (nSPS) is 10.9. The van der Waals surface area contributed by atoms with Crippen molar-refractivity contribution in [3.8, 4) is 17.6 Å². The molecule has 0 aromatic heterocycles. The van der Waals surface area contributed by atoms with Crippen molar-refractivity contribution in [2.24, 2.45) is 0 Å². The number of rotatable bonds is 10. The largest absolute Gasteiger partial charge is 0.490 e. The maximum Gasteiger partial charge on any atom is 0.261 e. The van der Waals surface area contributed by atoms with Gasteiger partial charge in [0.05, 0.1) is 11.1 Å². The summed E-state index contributed by atoms with van der Waals surface area (Å²) in [6.45, 7) is 3.14. The van der Waals surface area contributed by atoms with Crippen LogP contribution in [-0.2, 0) is 17.8 Å². The van der Waals surface area contributed by atoms with Crippen LogP contribution in [0, 0.1) is 11.3 Å². The molecule has 7 heteroatoms. The minimum absolute atomic E-state index is 0.0194. The summed E-state index contributed by atoms with van der Waals surface area (Å²) in [4.78, 5) is 12.5. The summed E-state index contributed by atoms with van der Waals surface area (Å²) < 4.78 is 13.5. The predicted molar refractivity (Wildman–Crippen MR) is 141 cm³/mol. The van der Waals surface area contributed by atoms with Crippen molar-refractivity contribution in [2.45, 2.75) is 20.0 Å². The van der Waals surface area contributed by atoms with Crippen LogP contribution in [0.4, 0.5) is 0 Å². The smallest absolute Gasteiger partial charge is 0.261 e. The van der Waals surface area contributed by atoms with Gasteiger partial charge in [-0.1, -0.05) is 58.4 Å². The summed E-state index contributed by atoms with van der Waals surface area (Å²) >= 11 is 6.97. The van der Waals surface area contributed by atoms with E-state index in [0.717, 1.165) is 15.6 Å². The fourth-order valence-electron chi connectivity index (χ4n) is 3.19. The van der Waals surface area contributed by atoms with Crippen LogP contribution in [0.25, 0.3) is 6.08 Å². The van der Waals surface area contributed by atoms with Crippen molar-refractivity contribution < 1.29 is 14.3 Å². The first-order valence-electron chi connectivity index (χ1n) is 10.8. The molecule has 1 amide bonds. The van der Waals surface area contributed by atoms with Gasteiger partial charge in [0, 0.05) is 11.0 Å². The van der Waals surface area contributed by atoms with Crippen LogP contribution < -0.4 is 14.8 Å². The van der Waals surface area contributed by atoms with E-state index in [2.05, 4.69) is 37.2 Å². The third-order valence-electron chi connectivity index (χ3n) is 4.85. The number of carbonyl (C=O) groups excluding carboxylic acids is 1. The molecule has 0 aliphatic rings. The second kappa shape index (κ2) is 13.0. The third-order valence-corrected chi connectivity index (χ3v) is 5.96. The molecule has 3 aromatic carbocycles. The molecule has 0 fully saturated rings. The number of hydrogen-bond donors (Lipinski definition) is 1. The van der Waals surface area contributed by atoms with Gasteiger partial charge < -0.3 is 14.8 Å². The van der Waals surface area contributed by atoms with E-state index < -0.39 is 5.91 Å². The van der Waals surface area contributed by atoms with Crippen molar-refractivity contribution in [3.63, 3.8) is 0 Å². The highest BCUT2D eigenvalue weighted by molar-refractivity contribution is 9.10. The van der Waals surface area contributed by atoms with Crippen molar-refractivity contribution >= 4 is 43.8 Å². The maximum absolute atomic E-state index is 12.5. The van der Waals surface area contributed by atoms with Crippen molar-refractivity contribution in [2.75, 3.05) is 13.2 Å². The fraction of sp³-hybridized carbons (Fsp3) is 0.185. The lowest BCUT2D eigenvalue weighted by Gasteiger charge is -2.15. The lowest BCUT2D eigenvalue weighted by atomic mass is 10.1. The standard InChI is InChI=1S/C27H24Br2N2O3/c1-2-33-25-16-21(15-24(29)26(25)34-18-20-8-10-23(28)11-9-20)14-22(17-30)27(32)31-13-12-19-6-4-3-5-7-19/h3-11,14-16H,2,12-13,18H2,1H3,(H,31,32)/b22-14+. The Morgan fingerprint density at radius 1 is 1.03 bits per heavy atom. The molecular weight excluding hydrogens is 560 g/mol. The summed E-state index contributed by atoms with van der Waals surface area (Å²) in [6, 6.07) is 23.3. The van der Waals surface area contributed by atoms with E-state index in [1.54, 1.807) is 18.2 Å². The Labute approximate surface area is 216 Å². The van der Waals surface area contributed by atoms with E-state index in [1.165, 1.54) is 0 Å². The Morgan fingerprint density at radius 3 is 2.44 bits per heavy atom. The molecular formula is C27H24Br2N2O3. The second-order valence-electron chi connectivity index (χ2n) is 7.34. The van der Waals surface area contributed by atoms with Crippen molar-refractivity contribution in [1.29, 1.82) is 5.26 Å². The van der Waals surface area contributed by atoms with Crippen LogP contribution in [0.2, 0.25) is 0 Å². The highest BCUT2D eigenvalue weighted by Gasteiger charge is 2.14. The molecule has 0 unspecified atom stereocenters. The SMILES string of the molecule is CCOc1cc(/C=C(\C#N)C(=O)NCCc2ccccc2)cc(Br)c1OCc1ccc(Br)cc1. The van der Waals surface area contributed by atoms with Crippen LogP contribution in [0.15, 0.2) is 81.2 Å². The highest BCUT2D eigenvalue weighted by atomic mass is 79.9. The molecule has 0 heterocycles. The predicted octanol–water partition coefficient (Wildman–Crippen LogP) is 6.46. The van der Waals surface area contributed by atoms with E-state index in [0.29, 0.717) is 47.7 Å². The Bertz CT molecular complexity index is 1190. The summed E-state index contributed by atoms with van der Waals surface area (Å²) in [7, 11) is 0. The van der Waals surface area contributed by atoms with E-state index >= 15 is 0 Å². The van der Waals surface area contributed by atoms with Gasteiger partial charge in [-0.15, -0.1) is 0 Å². The van der Waals surface area contributed by atoms with Gasteiger partial charge in [0.15, 0.2) is 11.5 Å². The summed E-state index contributed by atoms with van der Waals surface area (Å²) in [6.07, 6.45) is 2.24. The van der Waals surface area contributed by atoms with E-state index in [-0.39, 0.29) is 5.57 Å². The van der Waals surface area contributed by atoms with E-state index in [1.807, 2.05) is 67.6 Å². The van der Waals surface area contributed by atoms with Gasteiger partial charge in [-0.2, -0.15) is 5.26 Å². The number of nitriles is 1. The molecule has 3 aromatic rings. The third kappa shape index (κ3) is 7.47. The first kappa shape index (κ1) is 25.5. The molecule has 34 heavy (non-hydrogen) atoms. The summed E-state index contributed by atoms with van der Waals surface area (Å²) in [5.41, 5.74) is 2.81. The minimum atomic E-state index is -0.414. The molecule has 0 atom stereocenters. The lowest BCUT2D eigenvalue weighted by molar-refractivity contribution is -0.117. The molecule has 0 saturated heterocycles. The van der Waals surface area contributed by atoms with E-state index in [4.69, 9.17) is 9.47 Å². The molecule has 3 rings (SSSR count). The molecule has 0 bridgehead atoms. The fourth-order valence-corrected chi connectivity index (χ4v) is 4.02. The molecule has 0 aliphatic carbocycles. The number of ether oxygens (including phenoxy) is 2. The number of hydrogen-bond acceptors (Lipinski definition) is 4. The molecule has 0 radical (unpaired) electrons. The quantitative estimate of drug-likeness (QED) is 0.220. The first-order chi connectivity index (χ1) is 16.5. The van der Waals surface area contributed by atoms with Crippen molar-refractivity contribution in [1.82, 2.24) is 5.32 Å². The van der Waals surface area contributed by atoms with Gasteiger partial charge in [-0.05, 0) is 76.3 Å². The Balaban J connectivity index is 1.73. The molecule has 0 spiro atoms. The van der Waals surface area contributed by atoms with Gasteiger partial charge in [0.1, 0.15) is 18.2 Å². The molecule has 5 nitrogen and oxygen atoms in total.